The molecule has 0 radical (unpaired) electrons. The van der Waals surface area contributed by atoms with Crippen LogP contribution >= 0.6 is 0 Å². The number of piperidine rings is 1. The fourth-order valence-electron chi connectivity index (χ4n) is 2.73. The highest BCUT2D eigenvalue weighted by molar-refractivity contribution is 5.81. The number of hydrogen-bond acceptors (Lipinski definition) is 3. The smallest absolute Gasteiger partial charge is 0.249 e. The van der Waals surface area contributed by atoms with E-state index < -0.39 is 0 Å². The molecule has 2 rings (SSSR count). The average Bonchev–Trinajstić information content (AvgIpc) is 2.73. The van der Waals surface area contributed by atoms with Gasteiger partial charge in [-0.25, -0.2) is 0 Å². The van der Waals surface area contributed by atoms with Crippen molar-refractivity contribution >= 4 is 5.91 Å². The van der Waals surface area contributed by atoms with Gasteiger partial charge in [0, 0.05) is 18.6 Å². The van der Waals surface area contributed by atoms with Gasteiger partial charge in [-0.2, -0.15) is 0 Å². The van der Waals surface area contributed by atoms with E-state index in [1.54, 1.807) is 0 Å². The van der Waals surface area contributed by atoms with Gasteiger partial charge in [-0.05, 0) is 39.5 Å². The van der Waals surface area contributed by atoms with Crippen molar-refractivity contribution in [3.05, 3.63) is 0 Å². The summed E-state index contributed by atoms with van der Waals surface area (Å²) in [5.41, 5.74) is 0. The van der Waals surface area contributed by atoms with Gasteiger partial charge in [0.25, 0.3) is 0 Å². The Kier molecular flexibility index (Phi) is 4.40. The van der Waals surface area contributed by atoms with Crippen LogP contribution in [0.4, 0.5) is 0 Å². The fourth-order valence-corrected chi connectivity index (χ4v) is 2.73. The molecular formula is C13H24N2O2. The molecule has 4 atom stereocenters. The number of nitrogens with one attached hydrogen (secondary N) is 2. The summed E-state index contributed by atoms with van der Waals surface area (Å²) >= 11 is 0. The molecule has 98 valence electrons. The Balaban J connectivity index is 1.69. The van der Waals surface area contributed by atoms with Crippen LogP contribution in [0, 0.1) is 0 Å². The van der Waals surface area contributed by atoms with Gasteiger partial charge in [0.1, 0.15) is 6.10 Å². The lowest BCUT2D eigenvalue weighted by Gasteiger charge is -2.29. The first-order chi connectivity index (χ1) is 8.15. The van der Waals surface area contributed by atoms with Crippen molar-refractivity contribution < 1.29 is 9.53 Å². The second-order valence-corrected chi connectivity index (χ2v) is 5.45. The lowest BCUT2D eigenvalue weighted by atomic mass is 9.99. The van der Waals surface area contributed by atoms with Gasteiger partial charge >= 0.3 is 0 Å². The molecule has 4 nitrogen and oxygen atoms in total. The zero-order chi connectivity index (χ0) is 12.3. The third kappa shape index (κ3) is 3.68. The van der Waals surface area contributed by atoms with E-state index in [-0.39, 0.29) is 18.1 Å². The topological polar surface area (TPSA) is 50.4 Å². The molecule has 0 aromatic rings. The summed E-state index contributed by atoms with van der Waals surface area (Å²) in [7, 11) is 0. The van der Waals surface area contributed by atoms with Crippen molar-refractivity contribution in [2.24, 2.45) is 0 Å². The molecule has 1 amide bonds. The van der Waals surface area contributed by atoms with Crippen LogP contribution in [-0.2, 0) is 9.53 Å². The summed E-state index contributed by atoms with van der Waals surface area (Å²) in [5, 5.41) is 6.52. The number of carbonyl (C=O) groups excluding carboxylic acids is 1. The Bertz CT molecular complexity index is 270. The lowest BCUT2D eigenvalue weighted by Crippen LogP contribution is -2.48. The van der Waals surface area contributed by atoms with Crippen molar-refractivity contribution in [3.63, 3.8) is 0 Å². The highest BCUT2D eigenvalue weighted by atomic mass is 16.5. The minimum atomic E-state index is -0.217. The van der Waals surface area contributed by atoms with Crippen LogP contribution < -0.4 is 10.6 Å². The average molecular weight is 240 g/mol. The maximum atomic E-state index is 11.9. The van der Waals surface area contributed by atoms with Crippen molar-refractivity contribution in [1.29, 1.82) is 0 Å². The van der Waals surface area contributed by atoms with Gasteiger partial charge in [-0.1, -0.05) is 6.42 Å². The van der Waals surface area contributed by atoms with Crippen LogP contribution in [0.3, 0.4) is 0 Å². The van der Waals surface area contributed by atoms with Gasteiger partial charge < -0.3 is 15.4 Å². The van der Waals surface area contributed by atoms with E-state index in [0.717, 1.165) is 25.8 Å². The molecular weight excluding hydrogens is 216 g/mol. The van der Waals surface area contributed by atoms with Crippen LogP contribution in [0.2, 0.25) is 0 Å². The Morgan fingerprint density at radius 2 is 2.12 bits per heavy atom. The van der Waals surface area contributed by atoms with E-state index in [1.807, 2.05) is 6.92 Å². The molecule has 2 saturated heterocycles. The molecule has 2 heterocycles. The van der Waals surface area contributed by atoms with Crippen LogP contribution in [0.25, 0.3) is 0 Å². The fraction of sp³-hybridized carbons (Fsp3) is 0.923. The van der Waals surface area contributed by atoms with Crippen LogP contribution in [0.1, 0.15) is 46.0 Å². The van der Waals surface area contributed by atoms with Crippen LogP contribution in [0.15, 0.2) is 0 Å². The first-order valence-corrected chi connectivity index (χ1v) is 6.84. The van der Waals surface area contributed by atoms with Gasteiger partial charge in [-0.15, -0.1) is 0 Å². The summed E-state index contributed by atoms with van der Waals surface area (Å²) in [6, 6.07) is 1.01. The number of amides is 1. The first-order valence-electron chi connectivity index (χ1n) is 6.84. The SMILES string of the molecule is CC1CCCC(CNC(=O)C2CCC(C)O2)N1. The van der Waals surface area contributed by atoms with Crippen molar-refractivity contribution in [1.82, 2.24) is 10.6 Å². The zero-order valence-corrected chi connectivity index (χ0v) is 10.9. The molecule has 2 N–H and O–H groups in total. The lowest BCUT2D eigenvalue weighted by molar-refractivity contribution is -0.131. The van der Waals surface area contributed by atoms with E-state index in [0.29, 0.717) is 12.1 Å². The number of ether oxygens (including phenoxy) is 1. The maximum absolute atomic E-state index is 11.9. The summed E-state index contributed by atoms with van der Waals surface area (Å²) in [4.78, 5) is 11.9. The molecule has 0 bridgehead atoms. The summed E-state index contributed by atoms with van der Waals surface area (Å²) in [6.45, 7) is 4.96. The molecule has 17 heavy (non-hydrogen) atoms. The zero-order valence-electron chi connectivity index (χ0n) is 10.9. The second-order valence-electron chi connectivity index (χ2n) is 5.45. The summed E-state index contributed by atoms with van der Waals surface area (Å²) in [5.74, 6) is 0.0642. The molecule has 0 aliphatic carbocycles. The molecule has 2 aliphatic rings. The minimum absolute atomic E-state index is 0.0642. The van der Waals surface area contributed by atoms with E-state index in [4.69, 9.17) is 4.74 Å². The summed E-state index contributed by atoms with van der Waals surface area (Å²) < 4.78 is 5.55. The van der Waals surface area contributed by atoms with Gasteiger partial charge in [-0.3, -0.25) is 4.79 Å². The van der Waals surface area contributed by atoms with E-state index >= 15 is 0 Å². The molecule has 4 heteroatoms. The number of hydrogen-bond donors (Lipinski definition) is 2. The third-order valence-electron chi connectivity index (χ3n) is 3.76. The molecule has 0 aromatic carbocycles. The van der Waals surface area contributed by atoms with Gasteiger partial charge in [0.2, 0.25) is 5.91 Å². The molecule has 0 saturated carbocycles. The molecule has 0 spiro atoms. The Morgan fingerprint density at radius 3 is 2.76 bits per heavy atom. The van der Waals surface area contributed by atoms with Crippen molar-refractivity contribution in [3.8, 4) is 0 Å². The molecule has 2 fully saturated rings. The molecule has 4 unspecified atom stereocenters. The first kappa shape index (κ1) is 12.8. The second kappa shape index (κ2) is 5.83. The predicted octanol–water partition coefficient (Wildman–Crippen LogP) is 1.20. The quantitative estimate of drug-likeness (QED) is 0.779. The monoisotopic (exact) mass is 240 g/mol. The molecule has 2 aliphatic heterocycles. The Morgan fingerprint density at radius 1 is 1.29 bits per heavy atom. The number of carbonyl (C=O) groups is 1. The van der Waals surface area contributed by atoms with Crippen LogP contribution in [-0.4, -0.2) is 36.7 Å². The maximum Gasteiger partial charge on any atom is 0.249 e. The van der Waals surface area contributed by atoms with Crippen molar-refractivity contribution in [2.45, 2.75) is 70.2 Å². The summed E-state index contributed by atoms with van der Waals surface area (Å²) in [6.07, 6.45) is 5.54. The van der Waals surface area contributed by atoms with Gasteiger partial charge in [0.05, 0.1) is 6.10 Å². The molecule has 0 aromatic heterocycles. The Labute approximate surface area is 103 Å². The van der Waals surface area contributed by atoms with E-state index in [2.05, 4.69) is 17.6 Å². The van der Waals surface area contributed by atoms with E-state index in [1.165, 1.54) is 12.8 Å². The van der Waals surface area contributed by atoms with E-state index in [9.17, 15) is 4.79 Å². The predicted molar refractivity (Wildman–Crippen MR) is 66.8 cm³/mol. The standard InChI is InChI=1S/C13H24N2O2/c1-9-4-3-5-11(15-9)8-14-13(16)12-7-6-10(2)17-12/h9-12,15H,3-8H2,1-2H3,(H,14,16). The highest BCUT2D eigenvalue weighted by Crippen LogP contribution is 2.19. The minimum Gasteiger partial charge on any atom is -0.365 e. The normalized spacial score (nSPS) is 38.0. The third-order valence-corrected chi connectivity index (χ3v) is 3.76. The van der Waals surface area contributed by atoms with Crippen LogP contribution in [0.5, 0.6) is 0 Å². The number of rotatable bonds is 3. The Hall–Kier alpha value is -0.610. The van der Waals surface area contributed by atoms with Gasteiger partial charge in [0.15, 0.2) is 0 Å². The van der Waals surface area contributed by atoms with Crippen molar-refractivity contribution in [2.75, 3.05) is 6.54 Å². The highest BCUT2D eigenvalue weighted by Gasteiger charge is 2.28. The largest absolute Gasteiger partial charge is 0.365 e.